The van der Waals surface area contributed by atoms with Crippen LogP contribution in [0.2, 0.25) is 0 Å². The van der Waals surface area contributed by atoms with Crippen LogP contribution in [0, 0.1) is 0 Å². The number of aliphatic hydroxyl groups is 1. The average molecular weight is 221 g/mol. The van der Waals surface area contributed by atoms with Gasteiger partial charge in [-0.3, -0.25) is 4.79 Å². The van der Waals surface area contributed by atoms with Gasteiger partial charge in [0.15, 0.2) is 6.16 Å². The number of hydrogen-bond donors (Lipinski definition) is 1. The molecule has 80 valence electrons. The van der Waals surface area contributed by atoms with Crippen molar-refractivity contribution < 1.29 is 24.0 Å². The number of hydrogen-bond acceptors (Lipinski definition) is 5. The van der Waals surface area contributed by atoms with Crippen molar-refractivity contribution in [2.45, 2.75) is 26.4 Å². The van der Waals surface area contributed by atoms with Gasteiger partial charge in [-0.1, -0.05) is 4.57 Å². The van der Waals surface area contributed by atoms with Gasteiger partial charge in [0.1, 0.15) is 0 Å². The lowest BCUT2D eigenvalue weighted by molar-refractivity contribution is -0.156. The van der Waals surface area contributed by atoms with E-state index >= 15 is 0 Å². The predicted octanol–water partition coefficient (Wildman–Crippen LogP) is 0.674. The molecule has 0 aliphatic rings. The second kappa shape index (κ2) is 6.62. The van der Waals surface area contributed by atoms with E-state index in [-0.39, 0.29) is 18.7 Å². The van der Waals surface area contributed by atoms with Crippen LogP contribution < -0.4 is 0 Å². The van der Waals surface area contributed by atoms with Crippen LogP contribution in [0.3, 0.4) is 0 Å². The van der Waals surface area contributed by atoms with Gasteiger partial charge in [0.25, 0.3) is 0 Å². The van der Waals surface area contributed by atoms with Crippen molar-refractivity contribution in [3.8, 4) is 0 Å². The Hall–Kier alpha value is -0.800. The number of aliphatic hydroxyl groups excluding tert-OH is 1. The van der Waals surface area contributed by atoms with Crippen LogP contribution in [0.5, 0.6) is 0 Å². The van der Waals surface area contributed by atoms with Crippen molar-refractivity contribution >= 4 is 19.6 Å². The Morgan fingerprint density at radius 1 is 1.43 bits per heavy atom. The highest BCUT2D eigenvalue weighted by Crippen LogP contribution is 2.18. The van der Waals surface area contributed by atoms with Crippen molar-refractivity contribution in [3.63, 3.8) is 0 Å². The highest BCUT2D eigenvalue weighted by Gasteiger charge is 2.22. The summed E-state index contributed by atoms with van der Waals surface area (Å²) in [6.45, 7) is 3.28. The van der Waals surface area contributed by atoms with Gasteiger partial charge in [-0.05, 0) is 13.8 Å². The van der Waals surface area contributed by atoms with E-state index in [9.17, 15) is 14.2 Å². The molecule has 0 fully saturated rings. The summed E-state index contributed by atoms with van der Waals surface area (Å²) in [6.07, 6.45) is -0.904. The molecule has 0 amide bonds. The van der Waals surface area contributed by atoms with Crippen LogP contribution in [0.4, 0.5) is 0 Å². The quantitative estimate of drug-likeness (QED) is 0.405. The Kier molecular flexibility index (Phi) is 6.25. The van der Waals surface area contributed by atoms with E-state index < -0.39 is 25.9 Å². The lowest BCUT2D eigenvalue weighted by atomic mass is 10.3. The fraction of sp³-hybridized carbons (Fsp3) is 0.750. The minimum Gasteiger partial charge on any atom is -0.457 e. The highest BCUT2D eigenvalue weighted by molar-refractivity contribution is 7.44. The van der Waals surface area contributed by atoms with Crippen molar-refractivity contribution in [2.75, 3.05) is 12.5 Å². The molecular weight excluding hydrogens is 207 g/mol. The number of ether oxygens (including phenoxy) is 1. The van der Waals surface area contributed by atoms with Crippen molar-refractivity contribution in [1.29, 1.82) is 0 Å². The Labute approximate surface area is 83.2 Å². The topological polar surface area (TPSA) is 80.7 Å². The predicted molar refractivity (Wildman–Crippen MR) is 50.4 cm³/mol. The molecule has 1 atom stereocenters. The Morgan fingerprint density at radius 3 is 2.43 bits per heavy atom. The van der Waals surface area contributed by atoms with Crippen LogP contribution in [-0.2, 0) is 18.9 Å². The van der Waals surface area contributed by atoms with Gasteiger partial charge in [-0.15, -0.1) is 0 Å². The Morgan fingerprint density at radius 2 is 2.00 bits per heavy atom. The molecule has 0 rings (SSSR count). The van der Waals surface area contributed by atoms with Gasteiger partial charge in [0, 0.05) is 0 Å². The summed E-state index contributed by atoms with van der Waals surface area (Å²) in [5, 5.41) is 8.42. The number of ketones is 1. The maximum atomic E-state index is 11.0. The maximum Gasteiger partial charge on any atom is 0.375 e. The van der Waals surface area contributed by atoms with Gasteiger partial charge >= 0.3 is 13.8 Å². The SMILES string of the molecule is CC(C)OC(=O)C(=O)CC[P+](=O)CO. The average Bonchev–Trinajstić information content (AvgIpc) is 2.12. The second-order valence-electron chi connectivity index (χ2n) is 2.97. The van der Waals surface area contributed by atoms with Crippen LogP contribution in [0.15, 0.2) is 0 Å². The Balaban J connectivity index is 3.85. The van der Waals surface area contributed by atoms with Crippen molar-refractivity contribution in [1.82, 2.24) is 0 Å². The summed E-state index contributed by atoms with van der Waals surface area (Å²) in [4.78, 5) is 21.9. The summed E-state index contributed by atoms with van der Waals surface area (Å²) in [5.41, 5.74) is 0. The van der Waals surface area contributed by atoms with E-state index in [0.29, 0.717) is 0 Å². The standard InChI is InChI=1S/C8H14O5P/c1-6(2)13-8(11)7(10)3-4-14(12)5-9/h6,9H,3-5H2,1-2H3/q+1. The van der Waals surface area contributed by atoms with Gasteiger partial charge in [0.05, 0.1) is 12.5 Å². The van der Waals surface area contributed by atoms with E-state index in [1.807, 2.05) is 0 Å². The lowest BCUT2D eigenvalue weighted by Gasteiger charge is -2.04. The number of rotatable bonds is 6. The second-order valence-corrected chi connectivity index (χ2v) is 4.67. The van der Waals surface area contributed by atoms with E-state index in [2.05, 4.69) is 4.74 Å². The Bertz CT molecular complexity index is 236. The normalized spacial score (nSPS) is 11.3. The van der Waals surface area contributed by atoms with E-state index in [4.69, 9.17) is 5.11 Å². The zero-order chi connectivity index (χ0) is 11.1. The molecular formula is C8H14O5P+. The molecule has 0 aromatic heterocycles. The maximum absolute atomic E-state index is 11.0. The summed E-state index contributed by atoms with van der Waals surface area (Å²) in [7, 11) is -1.78. The summed E-state index contributed by atoms with van der Waals surface area (Å²) >= 11 is 0. The molecule has 0 saturated carbocycles. The zero-order valence-corrected chi connectivity index (χ0v) is 9.12. The van der Waals surface area contributed by atoms with Gasteiger partial charge in [-0.25, -0.2) is 4.79 Å². The summed E-state index contributed by atoms with van der Waals surface area (Å²) in [5.74, 6) is -1.60. The van der Waals surface area contributed by atoms with Gasteiger partial charge in [0.2, 0.25) is 12.1 Å². The smallest absolute Gasteiger partial charge is 0.375 e. The largest absolute Gasteiger partial charge is 0.457 e. The molecule has 0 heterocycles. The third-order valence-electron chi connectivity index (χ3n) is 1.32. The summed E-state index contributed by atoms with van der Waals surface area (Å²) in [6, 6.07) is 0. The van der Waals surface area contributed by atoms with E-state index in [1.54, 1.807) is 13.8 Å². The molecule has 5 nitrogen and oxygen atoms in total. The summed E-state index contributed by atoms with van der Waals surface area (Å²) < 4.78 is 15.4. The molecule has 6 heteroatoms. The van der Waals surface area contributed by atoms with E-state index in [0.717, 1.165) is 0 Å². The monoisotopic (exact) mass is 221 g/mol. The number of carbonyl (C=O) groups is 2. The molecule has 0 radical (unpaired) electrons. The van der Waals surface area contributed by atoms with Crippen molar-refractivity contribution in [3.05, 3.63) is 0 Å². The van der Waals surface area contributed by atoms with E-state index in [1.165, 1.54) is 0 Å². The number of carbonyl (C=O) groups excluding carboxylic acids is 2. The van der Waals surface area contributed by atoms with Crippen LogP contribution >= 0.6 is 7.80 Å². The van der Waals surface area contributed by atoms with Crippen molar-refractivity contribution in [2.24, 2.45) is 0 Å². The first-order valence-electron chi connectivity index (χ1n) is 4.24. The molecule has 0 aliphatic heterocycles. The first-order chi connectivity index (χ1) is 6.47. The minimum absolute atomic E-state index is 0.0257. The fourth-order valence-electron chi connectivity index (χ4n) is 0.679. The molecule has 0 aromatic rings. The molecule has 1 N–H and O–H groups in total. The van der Waals surface area contributed by atoms with Gasteiger partial charge in [-0.2, -0.15) is 0 Å². The molecule has 0 bridgehead atoms. The number of Topliss-reactive ketones (excluding diaryl/α,β-unsaturated/α-hetero) is 1. The molecule has 0 aromatic carbocycles. The zero-order valence-electron chi connectivity index (χ0n) is 8.23. The van der Waals surface area contributed by atoms with Gasteiger partial charge < -0.3 is 9.84 Å². The third-order valence-corrected chi connectivity index (χ3v) is 2.35. The highest BCUT2D eigenvalue weighted by atomic mass is 31.1. The molecule has 0 spiro atoms. The minimum atomic E-state index is -1.78. The van der Waals surface area contributed by atoms with Crippen LogP contribution in [-0.4, -0.2) is 35.5 Å². The first kappa shape index (κ1) is 13.2. The van der Waals surface area contributed by atoms with Crippen LogP contribution in [0.1, 0.15) is 20.3 Å². The molecule has 0 saturated heterocycles. The lowest BCUT2D eigenvalue weighted by Crippen LogP contribution is -2.21. The molecule has 1 unspecified atom stereocenters. The fourth-order valence-corrected chi connectivity index (χ4v) is 1.27. The molecule has 14 heavy (non-hydrogen) atoms. The molecule has 0 aliphatic carbocycles. The van der Waals surface area contributed by atoms with Crippen LogP contribution in [0.25, 0.3) is 0 Å². The third kappa shape index (κ3) is 5.78. The number of esters is 1. The first-order valence-corrected chi connectivity index (χ1v) is 5.87.